The molecule has 0 spiro atoms. The molecule has 1 rings (SSSR count). The first kappa shape index (κ1) is 14.0. The average molecular weight is 304 g/mol. The maximum Gasteiger partial charge on any atom is 0.328 e. The van der Waals surface area contributed by atoms with E-state index >= 15 is 0 Å². The zero-order chi connectivity index (χ0) is 13.0. The van der Waals surface area contributed by atoms with Crippen molar-refractivity contribution in [1.82, 2.24) is 0 Å². The summed E-state index contributed by atoms with van der Waals surface area (Å²) in [6, 6.07) is 2.55. The van der Waals surface area contributed by atoms with Crippen molar-refractivity contribution in [2.24, 2.45) is 0 Å². The molecule has 0 aliphatic rings. The fraction of sp³-hybridized carbons (Fsp3) is 0.417. The van der Waals surface area contributed by atoms with Crippen LogP contribution in [0, 0.1) is 12.7 Å². The smallest absolute Gasteiger partial charge is 0.328 e. The van der Waals surface area contributed by atoms with Crippen LogP contribution in [0.25, 0.3) is 0 Å². The Labute approximate surface area is 108 Å². The Morgan fingerprint density at radius 2 is 2.24 bits per heavy atom. The highest BCUT2D eigenvalue weighted by molar-refractivity contribution is 9.10. The van der Waals surface area contributed by atoms with Gasteiger partial charge in [0.15, 0.2) is 0 Å². The fourth-order valence-corrected chi connectivity index (χ4v) is 1.70. The minimum atomic E-state index is -0.467. The Kier molecular flexibility index (Phi) is 4.93. The van der Waals surface area contributed by atoms with Gasteiger partial charge in [-0.2, -0.15) is 0 Å². The highest BCUT2D eigenvalue weighted by atomic mass is 79.9. The summed E-state index contributed by atoms with van der Waals surface area (Å²) < 4.78 is 18.5. The van der Waals surface area contributed by atoms with Crippen LogP contribution in [0.3, 0.4) is 0 Å². The van der Waals surface area contributed by atoms with Gasteiger partial charge in [-0.1, -0.05) is 0 Å². The molecule has 0 fully saturated rings. The molecule has 1 atom stereocenters. The van der Waals surface area contributed by atoms with Gasteiger partial charge in [0.25, 0.3) is 0 Å². The number of carbonyl (C=O) groups is 1. The maximum atomic E-state index is 13.2. The fourth-order valence-electron chi connectivity index (χ4n) is 1.36. The number of hydrogen-bond donors (Lipinski definition) is 1. The van der Waals surface area contributed by atoms with Crippen molar-refractivity contribution in [3.05, 3.63) is 28.0 Å². The maximum absolute atomic E-state index is 13.2. The van der Waals surface area contributed by atoms with E-state index in [1.165, 1.54) is 6.07 Å². The lowest BCUT2D eigenvalue weighted by Crippen LogP contribution is -2.28. The van der Waals surface area contributed by atoms with Crippen LogP contribution in [-0.2, 0) is 9.53 Å². The van der Waals surface area contributed by atoms with E-state index in [0.29, 0.717) is 16.8 Å². The molecule has 3 nitrogen and oxygen atoms in total. The zero-order valence-corrected chi connectivity index (χ0v) is 11.6. The van der Waals surface area contributed by atoms with Crippen LogP contribution in [0.2, 0.25) is 0 Å². The van der Waals surface area contributed by atoms with E-state index < -0.39 is 6.04 Å². The molecule has 0 aliphatic carbocycles. The van der Waals surface area contributed by atoms with Crippen molar-refractivity contribution in [3.8, 4) is 0 Å². The first-order valence-electron chi connectivity index (χ1n) is 5.34. The number of hydrogen-bond acceptors (Lipinski definition) is 3. The number of nitrogens with one attached hydrogen (secondary N) is 1. The predicted octanol–water partition coefficient (Wildman–Crippen LogP) is 3.26. The predicted molar refractivity (Wildman–Crippen MR) is 68.6 cm³/mol. The van der Waals surface area contributed by atoms with Gasteiger partial charge in [-0.05, 0) is 54.4 Å². The molecular weight excluding hydrogens is 289 g/mol. The summed E-state index contributed by atoms with van der Waals surface area (Å²) in [6.07, 6.45) is 0. The molecule has 94 valence electrons. The average Bonchev–Trinajstić information content (AvgIpc) is 2.26. The lowest BCUT2D eigenvalue weighted by molar-refractivity contribution is -0.143. The van der Waals surface area contributed by atoms with E-state index in [0.717, 1.165) is 5.56 Å². The lowest BCUT2D eigenvalue weighted by atomic mass is 10.2. The first-order chi connectivity index (χ1) is 7.95. The van der Waals surface area contributed by atoms with Crippen molar-refractivity contribution in [2.45, 2.75) is 26.8 Å². The Bertz CT molecular complexity index is 423. The van der Waals surface area contributed by atoms with E-state index in [-0.39, 0.29) is 11.8 Å². The van der Waals surface area contributed by atoms with Gasteiger partial charge in [0.2, 0.25) is 0 Å². The third kappa shape index (κ3) is 3.70. The lowest BCUT2D eigenvalue weighted by Gasteiger charge is -2.16. The van der Waals surface area contributed by atoms with Gasteiger partial charge in [0.05, 0.1) is 11.1 Å². The summed E-state index contributed by atoms with van der Waals surface area (Å²) in [4.78, 5) is 11.4. The molecule has 0 radical (unpaired) electrons. The molecular formula is C12H15BrFNO2. The third-order valence-electron chi connectivity index (χ3n) is 2.28. The number of carbonyl (C=O) groups excluding carboxylic acids is 1. The molecule has 0 heterocycles. The van der Waals surface area contributed by atoms with Crippen LogP contribution in [0.1, 0.15) is 19.4 Å². The van der Waals surface area contributed by atoms with Crippen LogP contribution in [-0.4, -0.2) is 18.6 Å². The van der Waals surface area contributed by atoms with E-state index in [1.54, 1.807) is 26.8 Å². The Morgan fingerprint density at radius 1 is 1.59 bits per heavy atom. The quantitative estimate of drug-likeness (QED) is 0.868. The molecule has 17 heavy (non-hydrogen) atoms. The summed E-state index contributed by atoms with van der Waals surface area (Å²) in [5.74, 6) is -0.649. The summed E-state index contributed by atoms with van der Waals surface area (Å²) >= 11 is 3.11. The minimum absolute atomic E-state index is 0.322. The van der Waals surface area contributed by atoms with Crippen LogP contribution in [0.4, 0.5) is 10.1 Å². The monoisotopic (exact) mass is 303 g/mol. The van der Waals surface area contributed by atoms with Gasteiger partial charge in [-0.3, -0.25) is 0 Å². The number of ether oxygens (including phenoxy) is 1. The summed E-state index contributed by atoms with van der Waals surface area (Å²) in [5.41, 5.74) is 1.45. The van der Waals surface area contributed by atoms with Gasteiger partial charge in [0.1, 0.15) is 11.9 Å². The molecule has 1 aromatic carbocycles. The molecule has 0 saturated heterocycles. The number of rotatable bonds is 4. The largest absolute Gasteiger partial charge is 0.464 e. The Hall–Kier alpha value is -1.10. The molecule has 1 unspecified atom stereocenters. The molecule has 0 saturated carbocycles. The second-order valence-electron chi connectivity index (χ2n) is 3.70. The SMILES string of the molecule is CCOC(=O)C(C)Nc1cc(Br)c(F)cc1C. The highest BCUT2D eigenvalue weighted by Gasteiger charge is 2.15. The zero-order valence-electron chi connectivity index (χ0n) is 10.0. The normalized spacial score (nSPS) is 12.1. The van der Waals surface area contributed by atoms with Gasteiger partial charge >= 0.3 is 5.97 Å². The summed E-state index contributed by atoms with van der Waals surface area (Å²) in [6.45, 7) is 5.58. The number of benzene rings is 1. The van der Waals surface area contributed by atoms with Crippen LogP contribution >= 0.6 is 15.9 Å². The Balaban J connectivity index is 2.81. The van der Waals surface area contributed by atoms with E-state index in [4.69, 9.17) is 4.74 Å². The molecule has 0 aliphatic heterocycles. The second-order valence-corrected chi connectivity index (χ2v) is 4.55. The van der Waals surface area contributed by atoms with Crippen molar-refractivity contribution in [3.63, 3.8) is 0 Å². The molecule has 0 aromatic heterocycles. The van der Waals surface area contributed by atoms with E-state index in [1.807, 2.05) is 0 Å². The molecule has 1 aromatic rings. The number of anilines is 1. The van der Waals surface area contributed by atoms with Crippen molar-refractivity contribution >= 4 is 27.6 Å². The van der Waals surface area contributed by atoms with E-state index in [9.17, 15) is 9.18 Å². The number of aryl methyl sites for hydroxylation is 1. The summed E-state index contributed by atoms with van der Waals surface area (Å²) in [5, 5.41) is 2.99. The topological polar surface area (TPSA) is 38.3 Å². The van der Waals surface area contributed by atoms with Gasteiger partial charge in [-0.25, -0.2) is 9.18 Å². The van der Waals surface area contributed by atoms with Gasteiger partial charge < -0.3 is 10.1 Å². The second kappa shape index (κ2) is 6.00. The first-order valence-corrected chi connectivity index (χ1v) is 6.13. The molecule has 5 heteroatoms. The number of esters is 1. The third-order valence-corrected chi connectivity index (χ3v) is 2.89. The van der Waals surface area contributed by atoms with Crippen molar-refractivity contribution in [1.29, 1.82) is 0 Å². The van der Waals surface area contributed by atoms with Gasteiger partial charge in [-0.15, -0.1) is 0 Å². The van der Waals surface area contributed by atoms with Crippen molar-refractivity contribution < 1.29 is 13.9 Å². The highest BCUT2D eigenvalue weighted by Crippen LogP contribution is 2.24. The van der Waals surface area contributed by atoms with Crippen LogP contribution < -0.4 is 5.32 Å². The molecule has 0 bridgehead atoms. The van der Waals surface area contributed by atoms with Gasteiger partial charge in [0, 0.05) is 5.69 Å². The minimum Gasteiger partial charge on any atom is -0.464 e. The summed E-state index contributed by atoms with van der Waals surface area (Å²) in [7, 11) is 0. The van der Waals surface area contributed by atoms with Crippen LogP contribution in [0.5, 0.6) is 0 Å². The standard InChI is InChI=1S/C12H15BrFNO2/c1-4-17-12(16)8(3)15-11-6-9(13)10(14)5-7(11)2/h5-6,8,15H,4H2,1-3H3. The van der Waals surface area contributed by atoms with Crippen LogP contribution in [0.15, 0.2) is 16.6 Å². The molecule has 0 amide bonds. The van der Waals surface area contributed by atoms with Crippen molar-refractivity contribution in [2.75, 3.05) is 11.9 Å². The van der Waals surface area contributed by atoms with E-state index in [2.05, 4.69) is 21.2 Å². The Morgan fingerprint density at radius 3 is 2.82 bits per heavy atom. The number of halogens is 2. The molecule has 1 N–H and O–H groups in total.